The van der Waals surface area contributed by atoms with Crippen molar-refractivity contribution in [3.8, 4) is 0 Å². The highest BCUT2D eigenvalue weighted by Crippen LogP contribution is 2.30. The van der Waals surface area contributed by atoms with Gasteiger partial charge in [0.1, 0.15) is 6.17 Å². The summed E-state index contributed by atoms with van der Waals surface area (Å²) in [5, 5.41) is 27.0. The van der Waals surface area contributed by atoms with E-state index in [0.717, 1.165) is 18.2 Å². The van der Waals surface area contributed by atoms with E-state index in [1.807, 2.05) is 0 Å². The Morgan fingerprint density at radius 2 is 1.48 bits per heavy atom. The van der Waals surface area contributed by atoms with E-state index in [1.54, 1.807) is 20.8 Å². The highest BCUT2D eigenvalue weighted by atomic mass is 35.6. The van der Waals surface area contributed by atoms with Gasteiger partial charge >= 0.3 is 0 Å². The molecule has 0 bridgehead atoms. The fourth-order valence-corrected chi connectivity index (χ4v) is 2.11. The van der Waals surface area contributed by atoms with Crippen molar-refractivity contribution in [2.24, 2.45) is 0 Å². The summed E-state index contributed by atoms with van der Waals surface area (Å²) < 4.78 is -1.93. The first-order chi connectivity index (χ1) is 11.2. The molecule has 0 aromatic heterocycles. The maximum Gasteiger partial charge on any atom is 0.277 e. The molecule has 0 aliphatic heterocycles. The second kappa shape index (κ2) is 7.69. The summed E-state index contributed by atoms with van der Waals surface area (Å²) in [5.41, 5.74) is -2.06. The topological polar surface area (TPSA) is 127 Å². The number of hydrogen-bond acceptors (Lipinski definition) is 6. The number of alkyl halides is 3. The molecule has 9 nitrogen and oxygen atoms in total. The Morgan fingerprint density at radius 3 is 1.80 bits per heavy atom. The molecule has 1 unspecified atom stereocenters. The minimum absolute atomic E-state index is 0.309. The van der Waals surface area contributed by atoms with Gasteiger partial charge in [-0.25, -0.2) is 0 Å². The summed E-state index contributed by atoms with van der Waals surface area (Å²) in [6, 6.07) is 2.54. The summed E-state index contributed by atoms with van der Waals surface area (Å²) in [4.78, 5) is 32.5. The quantitative estimate of drug-likeness (QED) is 0.330. The van der Waals surface area contributed by atoms with Crippen molar-refractivity contribution in [1.82, 2.24) is 10.6 Å². The minimum Gasteiger partial charge on any atom is -0.333 e. The SMILES string of the molecule is CC(C)(C)NC(NC(=O)c1cc([N+](=O)[O-])cc([N+](=O)[O-])c1)C(Cl)(Cl)Cl. The van der Waals surface area contributed by atoms with Crippen LogP contribution in [0.15, 0.2) is 18.2 Å². The lowest BCUT2D eigenvalue weighted by molar-refractivity contribution is -0.394. The fourth-order valence-electron chi connectivity index (χ4n) is 1.78. The van der Waals surface area contributed by atoms with Crippen LogP contribution in [0.4, 0.5) is 11.4 Å². The molecule has 0 heterocycles. The van der Waals surface area contributed by atoms with E-state index < -0.39 is 42.6 Å². The average Bonchev–Trinajstić information content (AvgIpc) is 2.43. The number of nitrogens with one attached hydrogen (secondary N) is 2. The number of carbonyl (C=O) groups is 1. The van der Waals surface area contributed by atoms with E-state index in [2.05, 4.69) is 10.6 Å². The van der Waals surface area contributed by atoms with Crippen molar-refractivity contribution >= 4 is 52.1 Å². The Balaban J connectivity index is 3.20. The third-order valence-corrected chi connectivity index (χ3v) is 3.42. The van der Waals surface area contributed by atoms with Crippen LogP contribution in [0.25, 0.3) is 0 Å². The fraction of sp³-hybridized carbons (Fsp3) is 0.462. The Bertz CT molecular complexity index is 668. The number of halogens is 3. The molecule has 0 fully saturated rings. The van der Waals surface area contributed by atoms with Gasteiger partial charge in [0.15, 0.2) is 0 Å². The van der Waals surface area contributed by atoms with Gasteiger partial charge in [-0.1, -0.05) is 34.8 Å². The van der Waals surface area contributed by atoms with Crippen LogP contribution in [0.5, 0.6) is 0 Å². The number of nitrogens with zero attached hydrogens (tertiary/aromatic N) is 2. The zero-order valence-corrected chi connectivity index (χ0v) is 15.6. The molecule has 0 aliphatic carbocycles. The molecule has 1 rings (SSSR count). The smallest absolute Gasteiger partial charge is 0.277 e. The number of non-ortho nitro benzene ring substituents is 2. The second-order valence-electron chi connectivity index (χ2n) is 6.09. The predicted octanol–water partition coefficient (Wildman–Crippen LogP) is 3.32. The number of hydrogen-bond donors (Lipinski definition) is 2. The normalized spacial score (nSPS) is 13.2. The first kappa shape index (κ1) is 21.4. The number of carbonyl (C=O) groups excluding carboxylic acids is 1. The Kier molecular flexibility index (Phi) is 6.57. The summed E-state index contributed by atoms with van der Waals surface area (Å²) >= 11 is 17.5. The van der Waals surface area contributed by atoms with Crippen molar-refractivity contribution in [1.29, 1.82) is 0 Å². The molecule has 1 atom stereocenters. The van der Waals surface area contributed by atoms with Crippen molar-refractivity contribution in [3.05, 3.63) is 44.0 Å². The van der Waals surface area contributed by atoms with E-state index in [1.165, 1.54) is 0 Å². The third kappa shape index (κ3) is 6.62. The van der Waals surface area contributed by atoms with E-state index >= 15 is 0 Å². The first-order valence-electron chi connectivity index (χ1n) is 6.80. The molecule has 1 aromatic rings. The van der Waals surface area contributed by atoms with Crippen molar-refractivity contribution in [2.75, 3.05) is 0 Å². The molecule has 138 valence electrons. The lowest BCUT2D eigenvalue weighted by Gasteiger charge is -2.33. The molecule has 25 heavy (non-hydrogen) atoms. The molecule has 2 N–H and O–H groups in total. The number of nitro groups is 2. The summed E-state index contributed by atoms with van der Waals surface area (Å²) in [7, 11) is 0. The average molecular weight is 414 g/mol. The number of benzene rings is 1. The van der Waals surface area contributed by atoms with Gasteiger partial charge in [-0.15, -0.1) is 0 Å². The molecule has 0 spiro atoms. The highest BCUT2D eigenvalue weighted by molar-refractivity contribution is 6.68. The standard InChI is InChI=1S/C13H15Cl3N4O5/c1-12(2,3)18-11(13(14,15)16)17-10(21)7-4-8(19(22)23)6-9(5-7)20(24)25/h4-6,11,18H,1-3H3,(H,17,21). The van der Waals surface area contributed by atoms with E-state index in [0.29, 0.717) is 0 Å². The van der Waals surface area contributed by atoms with Crippen molar-refractivity contribution in [2.45, 2.75) is 36.3 Å². The van der Waals surface area contributed by atoms with Gasteiger partial charge < -0.3 is 5.32 Å². The van der Waals surface area contributed by atoms with Crippen molar-refractivity contribution < 1.29 is 14.6 Å². The third-order valence-electron chi connectivity index (χ3n) is 2.77. The molecule has 1 aromatic carbocycles. The first-order valence-corrected chi connectivity index (χ1v) is 7.93. The maximum atomic E-state index is 12.4. The van der Waals surface area contributed by atoms with Gasteiger partial charge in [0.2, 0.25) is 3.79 Å². The van der Waals surface area contributed by atoms with Crippen LogP contribution in [-0.4, -0.2) is 31.3 Å². The van der Waals surface area contributed by atoms with Crippen molar-refractivity contribution in [3.63, 3.8) is 0 Å². The Morgan fingerprint density at radius 1 is 1.04 bits per heavy atom. The summed E-state index contributed by atoms with van der Waals surface area (Å²) in [6.45, 7) is 5.29. The number of rotatable bonds is 5. The van der Waals surface area contributed by atoms with Crippen LogP contribution >= 0.6 is 34.8 Å². The largest absolute Gasteiger partial charge is 0.333 e. The zero-order chi connectivity index (χ0) is 19.6. The molecule has 0 saturated heterocycles. The lowest BCUT2D eigenvalue weighted by Crippen LogP contribution is -2.58. The van der Waals surface area contributed by atoms with Crippen LogP contribution in [0, 0.1) is 20.2 Å². The molecule has 12 heteroatoms. The Labute approximate surface area is 157 Å². The van der Waals surface area contributed by atoms with Crippen LogP contribution in [0.1, 0.15) is 31.1 Å². The lowest BCUT2D eigenvalue weighted by atomic mass is 10.1. The molecule has 0 aliphatic rings. The van der Waals surface area contributed by atoms with Crippen LogP contribution < -0.4 is 10.6 Å². The molecular formula is C13H15Cl3N4O5. The van der Waals surface area contributed by atoms with Gasteiger partial charge in [0, 0.05) is 17.7 Å². The number of amides is 1. The highest BCUT2D eigenvalue weighted by Gasteiger charge is 2.36. The second-order valence-corrected chi connectivity index (χ2v) is 8.46. The summed E-state index contributed by atoms with van der Waals surface area (Å²) in [6.07, 6.45) is -1.15. The number of nitro benzene ring substituents is 2. The predicted molar refractivity (Wildman–Crippen MR) is 94.2 cm³/mol. The molecule has 0 saturated carbocycles. The van der Waals surface area contributed by atoms with Gasteiger partial charge in [0.25, 0.3) is 17.3 Å². The van der Waals surface area contributed by atoms with Gasteiger partial charge in [-0.05, 0) is 20.8 Å². The van der Waals surface area contributed by atoms with Crippen LogP contribution in [-0.2, 0) is 0 Å². The maximum absolute atomic E-state index is 12.4. The van der Waals surface area contributed by atoms with Gasteiger partial charge in [-0.3, -0.25) is 30.3 Å². The zero-order valence-electron chi connectivity index (χ0n) is 13.4. The summed E-state index contributed by atoms with van der Waals surface area (Å²) in [5.74, 6) is -0.875. The molecular weight excluding hydrogens is 399 g/mol. The van der Waals surface area contributed by atoms with Crippen LogP contribution in [0.2, 0.25) is 0 Å². The van der Waals surface area contributed by atoms with Gasteiger partial charge in [0.05, 0.1) is 21.5 Å². The van der Waals surface area contributed by atoms with E-state index in [4.69, 9.17) is 34.8 Å². The molecule has 0 radical (unpaired) electrons. The van der Waals surface area contributed by atoms with E-state index in [-0.39, 0.29) is 5.56 Å². The van der Waals surface area contributed by atoms with Crippen LogP contribution in [0.3, 0.4) is 0 Å². The molecule has 1 amide bonds. The Hall–Kier alpha value is -1.68. The monoisotopic (exact) mass is 412 g/mol. The van der Waals surface area contributed by atoms with E-state index in [9.17, 15) is 25.0 Å². The minimum atomic E-state index is -1.93. The van der Waals surface area contributed by atoms with Gasteiger partial charge in [-0.2, -0.15) is 0 Å².